The van der Waals surface area contributed by atoms with E-state index in [-0.39, 0.29) is 12.3 Å². The molecule has 0 unspecified atom stereocenters. The third kappa shape index (κ3) is 3.13. The summed E-state index contributed by atoms with van der Waals surface area (Å²) in [4.78, 5) is 19.4. The molecular weight excluding hydrogens is 212 g/mol. The van der Waals surface area contributed by atoms with Gasteiger partial charge in [0, 0.05) is 13.1 Å². The average Bonchev–Trinajstić information content (AvgIpc) is 2.29. The molecule has 16 heavy (non-hydrogen) atoms. The van der Waals surface area contributed by atoms with Crippen molar-refractivity contribution in [3.05, 3.63) is 22.5 Å². The lowest BCUT2D eigenvalue weighted by molar-refractivity contribution is -0.385. The summed E-state index contributed by atoms with van der Waals surface area (Å²) in [6.45, 7) is 3.13. The lowest BCUT2D eigenvalue weighted by Gasteiger charge is -2.20. The van der Waals surface area contributed by atoms with Gasteiger partial charge in [0.25, 0.3) is 0 Å². The van der Waals surface area contributed by atoms with Gasteiger partial charge >= 0.3 is 5.69 Å². The second-order valence-corrected chi connectivity index (χ2v) is 3.21. The molecule has 0 saturated heterocycles. The summed E-state index contributed by atoms with van der Waals surface area (Å²) in [6, 6.07) is 0. The van der Waals surface area contributed by atoms with E-state index in [0.717, 1.165) is 6.42 Å². The van der Waals surface area contributed by atoms with Gasteiger partial charge < -0.3 is 10.0 Å². The van der Waals surface area contributed by atoms with Crippen LogP contribution in [0.25, 0.3) is 0 Å². The molecule has 88 valence electrons. The summed E-state index contributed by atoms with van der Waals surface area (Å²) < 4.78 is 0. The van der Waals surface area contributed by atoms with Gasteiger partial charge in [-0.05, 0) is 6.42 Å². The Hall–Kier alpha value is -1.76. The highest BCUT2D eigenvalue weighted by Crippen LogP contribution is 2.11. The Labute approximate surface area is 92.9 Å². The summed E-state index contributed by atoms with van der Waals surface area (Å²) in [5.74, 6) is 0.404. The van der Waals surface area contributed by atoms with Crippen molar-refractivity contribution >= 4 is 11.6 Å². The van der Waals surface area contributed by atoms with Crippen LogP contribution < -0.4 is 4.90 Å². The first-order valence-electron chi connectivity index (χ1n) is 5.01. The highest BCUT2D eigenvalue weighted by atomic mass is 16.6. The zero-order chi connectivity index (χ0) is 12.0. The molecule has 0 bridgehead atoms. The Morgan fingerprint density at radius 3 is 2.50 bits per heavy atom. The van der Waals surface area contributed by atoms with Crippen LogP contribution >= 0.6 is 0 Å². The van der Waals surface area contributed by atoms with E-state index in [2.05, 4.69) is 9.97 Å². The Morgan fingerprint density at radius 2 is 2.06 bits per heavy atom. The maximum Gasteiger partial charge on any atom is 0.305 e. The topological polar surface area (TPSA) is 92.4 Å². The Balaban J connectivity index is 2.80. The predicted octanol–water partition coefficient (Wildman–Crippen LogP) is 0.593. The molecule has 0 aromatic carbocycles. The summed E-state index contributed by atoms with van der Waals surface area (Å²) in [5, 5.41) is 19.3. The first kappa shape index (κ1) is 12.3. The molecule has 0 fully saturated rings. The number of aliphatic hydroxyl groups excluding tert-OH is 1. The fraction of sp³-hybridized carbons (Fsp3) is 0.556. The quantitative estimate of drug-likeness (QED) is 0.563. The number of anilines is 1. The van der Waals surface area contributed by atoms with Crippen molar-refractivity contribution in [2.45, 2.75) is 13.3 Å². The number of hydrogen-bond acceptors (Lipinski definition) is 6. The second kappa shape index (κ2) is 5.96. The number of nitro groups is 1. The molecule has 0 saturated carbocycles. The van der Waals surface area contributed by atoms with Gasteiger partial charge in [0.15, 0.2) is 0 Å². The van der Waals surface area contributed by atoms with E-state index in [1.54, 1.807) is 4.90 Å². The van der Waals surface area contributed by atoms with Gasteiger partial charge in [-0.25, -0.2) is 9.97 Å². The third-order valence-corrected chi connectivity index (χ3v) is 1.98. The molecule has 0 amide bonds. The van der Waals surface area contributed by atoms with Crippen LogP contribution in [0.1, 0.15) is 13.3 Å². The first-order chi connectivity index (χ1) is 7.69. The molecule has 0 aliphatic heterocycles. The van der Waals surface area contributed by atoms with Gasteiger partial charge in [-0.3, -0.25) is 10.1 Å². The van der Waals surface area contributed by atoms with Crippen LogP contribution in [0.15, 0.2) is 12.4 Å². The number of rotatable bonds is 6. The standard InChI is InChI=1S/C9H14N4O3/c1-2-3-12(4-5-14)9-10-6-8(7-11-9)13(15)16/h6-7,14H,2-5H2,1H3. The fourth-order valence-electron chi connectivity index (χ4n) is 1.27. The minimum Gasteiger partial charge on any atom is -0.395 e. The van der Waals surface area contributed by atoms with Crippen LogP contribution in [0.4, 0.5) is 11.6 Å². The first-order valence-corrected chi connectivity index (χ1v) is 5.01. The molecule has 1 aromatic rings. The van der Waals surface area contributed by atoms with Gasteiger partial charge in [0.05, 0.1) is 11.5 Å². The molecule has 0 spiro atoms. The van der Waals surface area contributed by atoms with E-state index in [4.69, 9.17) is 5.11 Å². The summed E-state index contributed by atoms with van der Waals surface area (Å²) in [7, 11) is 0. The van der Waals surface area contributed by atoms with Crippen LogP contribution in [0, 0.1) is 10.1 Å². The fourth-order valence-corrected chi connectivity index (χ4v) is 1.27. The molecule has 7 heteroatoms. The van der Waals surface area contributed by atoms with E-state index < -0.39 is 4.92 Å². The molecule has 0 aliphatic rings. The van der Waals surface area contributed by atoms with Gasteiger partial charge in [0.1, 0.15) is 12.4 Å². The number of nitrogens with zero attached hydrogens (tertiary/aromatic N) is 4. The smallest absolute Gasteiger partial charge is 0.305 e. The maximum absolute atomic E-state index is 10.4. The molecule has 7 nitrogen and oxygen atoms in total. The minimum atomic E-state index is -0.542. The van der Waals surface area contributed by atoms with Crippen molar-refractivity contribution in [2.75, 3.05) is 24.6 Å². The van der Waals surface area contributed by atoms with Crippen LogP contribution in [-0.2, 0) is 0 Å². The average molecular weight is 226 g/mol. The van der Waals surface area contributed by atoms with Crippen LogP contribution in [0.2, 0.25) is 0 Å². The Morgan fingerprint density at radius 1 is 1.44 bits per heavy atom. The molecule has 0 atom stereocenters. The third-order valence-electron chi connectivity index (χ3n) is 1.98. The summed E-state index contributed by atoms with van der Waals surface area (Å²) in [6.07, 6.45) is 3.23. The Kier molecular flexibility index (Phi) is 4.59. The monoisotopic (exact) mass is 226 g/mol. The normalized spacial score (nSPS) is 10.1. The van der Waals surface area contributed by atoms with E-state index in [9.17, 15) is 10.1 Å². The molecule has 0 radical (unpaired) electrons. The maximum atomic E-state index is 10.4. The van der Waals surface area contributed by atoms with Crippen LogP contribution in [0.5, 0.6) is 0 Å². The zero-order valence-electron chi connectivity index (χ0n) is 9.04. The Bertz CT molecular complexity index is 335. The highest BCUT2D eigenvalue weighted by Gasteiger charge is 2.11. The van der Waals surface area contributed by atoms with Gasteiger partial charge in [-0.2, -0.15) is 0 Å². The largest absolute Gasteiger partial charge is 0.395 e. The van der Waals surface area contributed by atoms with Crippen molar-refractivity contribution < 1.29 is 10.0 Å². The zero-order valence-corrected chi connectivity index (χ0v) is 9.04. The van der Waals surface area contributed by atoms with Crippen molar-refractivity contribution in [2.24, 2.45) is 0 Å². The SMILES string of the molecule is CCCN(CCO)c1ncc([N+](=O)[O-])cn1. The lowest BCUT2D eigenvalue weighted by Crippen LogP contribution is -2.29. The molecular formula is C9H14N4O3. The van der Waals surface area contributed by atoms with E-state index in [0.29, 0.717) is 19.0 Å². The predicted molar refractivity (Wildman–Crippen MR) is 58.3 cm³/mol. The van der Waals surface area contributed by atoms with Crippen LogP contribution in [-0.4, -0.2) is 39.7 Å². The van der Waals surface area contributed by atoms with Crippen LogP contribution in [0.3, 0.4) is 0 Å². The van der Waals surface area contributed by atoms with E-state index in [1.165, 1.54) is 12.4 Å². The number of aromatic nitrogens is 2. The van der Waals surface area contributed by atoms with E-state index >= 15 is 0 Å². The van der Waals surface area contributed by atoms with Gasteiger partial charge in [-0.1, -0.05) is 6.92 Å². The van der Waals surface area contributed by atoms with Crippen molar-refractivity contribution in [1.82, 2.24) is 9.97 Å². The van der Waals surface area contributed by atoms with Gasteiger partial charge in [-0.15, -0.1) is 0 Å². The summed E-state index contributed by atoms with van der Waals surface area (Å²) >= 11 is 0. The highest BCUT2D eigenvalue weighted by molar-refractivity contribution is 5.33. The van der Waals surface area contributed by atoms with Crippen molar-refractivity contribution in [3.8, 4) is 0 Å². The van der Waals surface area contributed by atoms with Crippen molar-refractivity contribution in [1.29, 1.82) is 0 Å². The van der Waals surface area contributed by atoms with Crippen molar-refractivity contribution in [3.63, 3.8) is 0 Å². The van der Waals surface area contributed by atoms with Gasteiger partial charge in [0.2, 0.25) is 5.95 Å². The summed E-state index contributed by atoms with van der Waals surface area (Å²) in [5.41, 5.74) is -0.135. The molecule has 1 rings (SSSR count). The second-order valence-electron chi connectivity index (χ2n) is 3.21. The minimum absolute atomic E-state index is 0.000345. The molecule has 0 aliphatic carbocycles. The van der Waals surface area contributed by atoms with E-state index in [1.807, 2.05) is 6.92 Å². The number of aliphatic hydroxyl groups is 1. The molecule has 1 aromatic heterocycles. The molecule has 1 heterocycles. The lowest BCUT2D eigenvalue weighted by atomic mass is 10.4. The molecule has 1 N–H and O–H groups in total. The number of hydrogen-bond donors (Lipinski definition) is 1.